The number of hydrogen-bond acceptors (Lipinski definition) is 4. The van der Waals surface area contributed by atoms with Crippen molar-refractivity contribution in [2.75, 3.05) is 18.5 Å². The van der Waals surface area contributed by atoms with Gasteiger partial charge in [0.25, 0.3) is 0 Å². The van der Waals surface area contributed by atoms with Crippen molar-refractivity contribution in [1.82, 2.24) is 10.2 Å². The van der Waals surface area contributed by atoms with E-state index in [1.54, 1.807) is 0 Å². The van der Waals surface area contributed by atoms with Crippen LogP contribution in [0.4, 0.5) is 19.0 Å². The Kier molecular flexibility index (Phi) is 4.00. The molecule has 1 aromatic rings. The highest BCUT2D eigenvalue weighted by Crippen LogP contribution is 2.27. The van der Waals surface area contributed by atoms with Crippen LogP contribution in [0.3, 0.4) is 0 Å². The predicted molar refractivity (Wildman–Crippen MR) is 59.1 cm³/mol. The summed E-state index contributed by atoms with van der Waals surface area (Å²) in [7, 11) is 0. The zero-order valence-electron chi connectivity index (χ0n) is 9.70. The highest BCUT2D eigenvalue weighted by molar-refractivity contribution is 5.33. The number of rotatable bonds is 3. The van der Waals surface area contributed by atoms with Crippen LogP contribution in [0, 0.1) is 0 Å². The van der Waals surface area contributed by atoms with Crippen LogP contribution < -0.4 is 5.32 Å². The lowest BCUT2D eigenvalue weighted by molar-refractivity contribution is -0.141. The number of nitrogens with zero attached hydrogens (tertiary/aromatic N) is 2. The molecule has 1 aliphatic heterocycles. The van der Waals surface area contributed by atoms with Gasteiger partial charge in [0.2, 0.25) is 0 Å². The highest BCUT2D eigenvalue weighted by atomic mass is 19.4. The van der Waals surface area contributed by atoms with Gasteiger partial charge in [0.1, 0.15) is 5.82 Å². The first-order valence-electron chi connectivity index (χ1n) is 5.82. The Balaban J connectivity index is 1.86. The van der Waals surface area contributed by atoms with Crippen molar-refractivity contribution in [3.05, 3.63) is 17.8 Å². The standard InChI is InChI=1S/C11H14F3N3O/c12-11(13,14)9-4-5-10(17-16-9)15-7-8-3-1-2-6-18-8/h4-5,8H,1-3,6-7H2,(H,15,17). The van der Waals surface area contributed by atoms with Gasteiger partial charge in [-0.05, 0) is 31.4 Å². The molecule has 0 amide bonds. The van der Waals surface area contributed by atoms with Crippen LogP contribution in [0.1, 0.15) is 25.0 Å². The van der Waals surface area contributed by atoms with Gasteiger partial charge in [0.15, 0.2) is 5.69 Å². The molecular weight excluding hydrogens is 247 g/mol. The molecule has 1 saturated heterocycles. The summed E-state index contributed by atoms with van der Waals surface area (Å²) < 4.78 is 42.2. The molecule has 100 valence electrons. The van der Waals surface area contributed by atoms with Crippen LogP contribution in [0.15, 0.2) is 12.1 Å². The van der Waals surface area contributed by atoms with E-state index in [9.17, 15) is 13.2 Å². The van der Waals surface area contributed by atoms with E-state index >= 15 is 0 Å². The summed E-state index contributed by atoms with van der Waals surface area (Å²) >= 11 is 0. The number of alkyl halides is 3. The molecule has 0 bridgehead atoms. The molecule has 2 rings (SSSR count). The summed E-state index contributed by atoms with van der Waals surface area (Å²) in [5.41, 5.74) is -0.984. The molecule has 0 aromatic carbocycles. The van der Waals surface area contributed by atoms with Gasteiger partial charge in [-0.1, -0.05) is 0 Å². The molecule has 1 fully saturated rings. The molecule has 2 heterocycles. The van der Waals surface area contributed by atoms with Crippen molar-refractivity contribution in [1.29, 1.82) is 0 Å². The average molecular weight is 261 g/mol. The molecule has 0 aliphatic carbocycles. The molecule has 4 nitrogen and oxygen atoms in total. The number of hydrogen-bond donors (Lipinski definition) is 1. The van der Waals surface area contributed by atoms with E-state index in [1.807, 2.05) is 0 Å². The molecule has 0 spiro atoms. The van der Waals surface area contributed by atoms with Gasteiger partial charge in [0.05, 0.1) is 6.10 Å². The third-order valence-corrected chi connectivity index (χ3v) is 2.74. The van der Waals surface area contributed by atoms with Crippen molar-refractivity contribution < 1.29 is 17.9 Å². The molecule has 7 heteroatoms. The Bertz CT molecular complexity index is 374. The van der Waals surface area contributed by atoms with Crippen molar-refractivity contribution in [2.24, 2.45) is 0 Å². The van der Waals surface area contributed by atoms with E-state index in [0.29, 0.717) is 12.4 Å². The Morgan fingerprint density at radius 1 is 1.28 bits per heavy atom. The van der Waals surface area contributed by atoms with Crippen molar-refractivity contribution in [2.45, 2.75) is 31.5 Å². The predicted octanol–water partition coefficient (Wildman–Crippen LogP) is 2.48. The summed E-state index contributed by atoms with van der Waals surface area (Å²) in [5.74, 6) is 0.331. The number of nitrogens with one attached hydrogen (secondary N) is 1. The quantitative estimate of drug-likeness (QED) is 0.908. The van der Waals surface area contributed by atoms with E-state index in [2.05, 4.69) is 15.5 Å². The molecule has 0 saturated carbocycles. The number of ether oxygens (including phenoxy) is 1. The third-order valence-electron chi connectivity index (χ3n) is 2.74. The maximum atomic E-state index is 12.3. The molecule has 1 N–H and O–H groups in total. The summed E-state index contributed by atoms with van der Waals surface area (Å²) in [4.78, 5) is 0. The Morgan fingerprint density at radius 2 is 2.11 bits per heavy atom. The second-order valence-electron chi connectivity index (χ2n) is 4.17. The van der Waals surface area contributed by atoms with E-state index in [-0.39, 0.29) is 6.10 Å². The lowest BCUT2D eigenvalue weighted by atomic mass is 10.1. The maximum Gasteiger partial charge on any atom is 0.435 e. The van der Waals surface area contributed by atoms with E-state index in [0.717, 1.165) is 31.9 Å². The Morgan fingerprint density at radius 3 is 2.67 bits per heavy atom. The van der Waals surface area contributed by atoms with E-state index in [4.69, 9.17) is 4.74 Å². The normalized spacial score (nSPS) is 20.7. The average Bonchev–Trinajstić information content (AvgIpc) is 2.37. The van der Waals surface area contributed by atoms with Crippen LogP contribution in [0.25, 0.3) is 0 Å². The van der Waals surface area contributed by atoms with E-state index < -0.39 is 11.9 Å². The molecule has 18 heavy (non-hydrogen) atoms. The van der Waals surface area contributed by atoms with Crippen LogP contribution in [0.5, 0.6) is 0 Å². The minimum atomic E-state index is -4.45. The molecule has 1 unspecified atom stereocenters. The molecule has 1 aromatic heterocycles. The topological polar surface area (TPSA) is 47.0 Å². The minimum Gasteiger partial charge on any atom is -0.376 e. The number of anilines is 1. The van der Waals surface area contributed by atoms with Gasteiger partial charge in [-0.15, -0.1) is 10.2 Å². The largest absolute Gasteiger partial charge is 0.435 e. The Hall–Kier alpha value is -1.37. The highest BCUT2D eigenvalue weighted by Gasteiger charge is 2.32. The summed E-state index contributed by atoms with van der Waals surface area (Å²) in [6.07, 6.45) is -1.21. The monoisotopic (exact) mass is 261 g/mol. The lowest BCUT2D eigenvalue weighted by Gasteiger charge is -2.22. The fourth-order valence-corrected chi connectivity index (χ4v) is 1.76. The first kappa shape index (κ1) is 13.1. The SMILES string of the molecule is FC(F)(F)c1ccc(NCC2CCCCO2)nn1. The van der Waals surface area contributed by atoms with Gasteiger partial charge in [-0.3, -0.25) is 0 Å². The van der Waals surface area contributed by atoms with Crippen molar-refractivity contribution >= 4 is 5.82 Å². The first-order chi connectivity index (χ1) is 8.55. The molecule has 1 atom stereocenters. The number of halogens is 3. The van der Waals surface area contributed by atoms with Gasteiger partial charge < -0.3 is 10.1 Å². The smallest absolute Gasteiger partial charge is 0.376 e. The van der Waals surface area contributed by atoms with Gasteiger partial charge in [-0.2, -0.15) is 13.2 Å². The van der Waals surface area contributed by atoms with Gasteiger partial charge in [0, 0.05) is 13.2 Å². The van der Waals surface area contributed by atoms with Crippen LogP contribution in [-0.2, 0) is 10.9 Å². The molecule has 1 aliphatic rings. The molecule has 0 radical (unpaired) electrons. The lowest BCUT2D eigenvalue weighted by Crippen LogP contribution is -2.27. The summed E-state index contributed by atoms with van der Waals surface area (Å²) in [5, 5.41) is 9.56. The minimum absolute atomic E-state index is 0.0999. The third kappa shape index (κ3) is 3.56. The fourth-order valence-electron chi connectivity index (χ4n) is 1.76. The zero-order valence-corrected chi connectivity index (χ0v) is 9.70. The maximum absolute atomic E-state index is 12.3. The second-order valence-corrected chi connectivity index (χ2v) is 4.17. The zero-order chi connectivity index (χ0) is 13.0. The van der Waals surface area contributed by atoms with Crippen LogP contribution in [-0.4, -0.2) is 29.5 Å². The van der Waals surface area contributed by atoms with Crippen LogP contribution >= 0.6 is 0 Å². The van der Waals surface area contributed by atoms with Crippen molar-refractivity contribution in [3.8, 4) is 0 Å². The molecular formula is C11H14F3N3O. The first-order valence-corrected chi connectivity index (χ1v) is 5.82. The van der Waals surface area contributed by atoms with Crippen molar-refractivity contribution in [3.63, 3.8) is 0 Å². The number of aromatic nitrogens is 2. The van der Waals surface area contributed by atoms with E-state index in [1.165, 1.54) is 6.07 Å². The van der Waals surface area contributed by atoms with Gasteiger partial charge in [-0.25, -0.2) is 0 Å². The fraction of sp³-hybridized carbons (Fsp3) is 0.636. The van der Waals surface area contributed by atoms with Crippen LogP contribution in [0.2, 0.25) is 0 Å². The summed E-state index contributed by atoms with van der Waals surface area (Å²) in [6, 6.07) is 2.19. The van der Waals surface area contributed by atoms with Gasteiger partial charge >= 0.3 is 6.18 Å². The Labute approximate surface area is 103 Å². The summed E-state index contributed by atoms with van der Waals surface area (Å²) in [6.45, 7) is 1.28. The second kappa shape index (κ2) is 5.51.